The van der Waals surface area contributed by atoms with Crippen molar-refractivity contribution >= 4 is 5.97 Å². The number of ether oxygens (including phenoxy) is 1. The molecule has 0 saturated carbocycles. The molecule has 0 fully saturated rings. The van der Waals surface area contributed by atoms with Crippen LogP contribution in [-0.4, -0.2) is 24.0 Å². The van der Waals surface area contributed by atoms with Crippen molar-refractivity contribution in [1.29, 1.82) is 0 Å². The third-order valence-corrected chi connectivity index (χ3v) is 1.71. The van der Waals surface area contributed by atoms with E-state index in [-0.39, 0.29) is 6.61 Å². The molecular weight excluding hydrogens is 175 g/mol. The largest absolute Gasteiger partial charge is 0.477 e. The molecule has 0 aliphatic heterocycles. The van der Waals surface area contributed by atoms with Crippen molar-refractivity contribution in [2.24, 2.45) is 0 Å². The standard InChI is InChI=1S/C9H17FO3/c1-2-3-4-5-6-7-13-8(10)9(11)12/h8H,2-7H2,1H3,(H,11,12). The van der Waals surface area contributed by atoms with Crippen molar-refractivity contribution in [3.05, 3.63) is 0 Å². The second kappa shape index (κ2) is 7.98. The number of alkyl halides is 1. The number of carbonyl (C=O) groups is 1. The summed E-state index contributed by atoms with van der Waals surface area (Å²) in [5.74, 6) is -1.55. The third-order valence-electron chi connectivity index (χ3n) is 1.71. The number of rotatable bonds is 8. The SMILES string of the molecule is CCCCCCCOC(F)C(=O)O. The summed E-state index contributed by atoms with van der Waals surface area (Å²) in [5.41, 5.74) is 0. The van der Waals surface area contributed by atoms with E-state index in [4.69, 9.17) is 5.11 Å². The number of carboxylic acids is 1. The van der Waals surface area contributed by atoms with Crippen LogP contribution in [0.5, 0.6) is 0 Å². The molecule has 0 aliphatic carbocycles. The summed E-state index contributed by atoms with van der Waals surface area (Å²) >= 11 is 0. The molecule has 0 aromatic carbocycles. The topological polar surface area (TPSA) is 46.5 Å². The van der Waals surface area contributed by atoms with Crippen molar-refractivity contribution in [3.63, 3.8) is 0 Å². The highest BCUT2D eigenvalue weighted by atomic mass is 19.1. The van der Waals surface area contributed by atoms with E-state index in [0.29, 0.717) is 0 Å². The van der Waals surface area contributed by atoms with Crippen LogP contribution in [0.2, 0.25) is 0 Å². The predicted molar refractivity (Wildman–Crippen MR) is 47.2 cm³/mol. The van der Waals surface area contributed by atoms with Gasteiger partial charge in [0.15, 0.2) is 0 Å². The highest BCUT2D eigenvalue weighted by Crippen LogP contribution is 2.03. The summed E-state index contributed by atoms with van der Waals surface area (Å²) in [6.45, 7) is 2.30. The van der Waals surface area contributed by atoms with Gasteiger partial charge in [-0.3, -0.25) is 0 Å². The minimum absolute atomic E-state index is 0.192. The fourth-order valence-electron chi connectivity index (χ4n) is 0.964. The van der Waals surface area contributed by atoms with Gasteiger partial charge in [0.25, 0.3) is 6.36 Å². The monoisotopic (exact) mass is 192 g/mol. The van der Waals surface area contributed by atoms with Crippen LogP contribution in [0.15, 0.2) is 0 Å². The number of hydrogen-bond donors (Lipinski definition) is 1. The highest BCUT2D eigenvalue weighted by molar-refractivity contribution is 5.70. The Morgan fingerprint density at radius 3 is 2.54 bits per heavy atom. The van der Waals surface area contributed by atoms with E-state index in [2.05, 4.69) is 11.7 Å². The van der Waals surface area contributed by atoms with Crippen molar-refractivity contribution in [2.45, 2.75) is 45.4 Å². The van der Waals surface area contributed by atoms with E-state index in [0.717, 1.165) is 32.1 Å². The van der Waals surface area contributed by atoms with E-state index >= 15 is 0 Å². The Balaban J connectivity index is 3.11. The molecule has 0 bridgehead atoms. The molecule has 78 valence electrons. The minimum Gasteiger partial charge on any atom is -0.477 e. The Hall–Kier alpha value is -0.640. The van der Waals surface area contributed by atoms with Gasteiger partial charge in [-0.25, -0.2) is 9.18 Å². The van der Waals surface area contributed by atoms with Gasteiger partial charge in [0.2, 0.25) is 0 Å². The molecule has 1 N–H and O–H groups in total. The van der Waals surface area contributed by atoms with Crippen molar-refractivity contribution < 1.29 is 19.0 Å². The molecule has 3 nitrogen and oxygen atoms in total. The molecule has 0 saturated heterocycles. The number of unbranched alkanes of at least 4 members (excludes halogenated alkanes) is 4. The quantitative estimate of drug-likeness (QED) is 0.600. The van der Waals surface area contributed by atoms with Crippen LogP contribution in [0.1, 0.15) is 39.0 Å². The zero-order valence-electron chi connectivity index (χ0n) is 7.96. The van der Waals surface area contributed by atoms with Crippen molar-refractivity contribution in [1.82, 2.24) is 0 Å². The van der Waals surface area contributed by atoms with Gasteiger partial charge in [-0.2, -0.15) is 0 Å². The first-order chi connectivity index (χ1) is 6.18. The van der Waals surface area contributed by atoms with Gasteiger partial charge < -0.3 is 9.84 Å². The summed E-state index contributed by atoms with van der Waals surface area (Å²) in [6.07, 6.45) is 2.96. The van der Waals surface area contributed by atoms with E-state index in [1.54, 1.807) is 0 Å². The fraction of sp³-hybridized carbons (Fsp3) is 0.889. The number of hydrogen-bond acceptors (Lipinski definition) is 2. The van der Waals surface area contributed by atoms with Crippen LogP contribution in [0.3, 0.4) is 0 Å². The van der Waals surface area contributed by atoms with Crippen LogP contribution >= 0.6 is 0 Å². The molecule has 0 aromatic heterocycles. The first-order valence-corrected chi connectivity index (χ1v) is 4.67. The minimum atomic E-state index is -2.16. The van der Waals surface area contributed by atoms with E-state index in [1.807, 2.05) is 0 Å². The summed E-state index contributed by atoms with van der Waals surface area (Å²) in [6, 6.07) is 0. The Kier molecular flexibility index (Phi) is 7.59. The molecule has 4 heteroatoms. The Morgan fingerprint density at radius 2 is 2.00 bits per heavy atom. The lowest BCUT2D eigenvalue weighted by atomic mass is 10.2. The van der Waals surface area contributed by atoms with Crippen LogP contribution in [0.25, 0.3) is 0 Å². The van der Waals surface area contributed by atoms with Gasteiger partial charge in [0, 0.05) is 0 Å². The van der Waals surface area contributed by atoms with Gasteiger partial charge in [0.05, 0.1) is 6.61 Å². The Morgan fingerprint density at radius 1 is 1.38 bits per heavy atom. The molecular formula is C9H17FO3. The molecule has 0 spiro atoms. The lowest BCUT2D eigenvalue weighted by Gasteiger charge is -2.04. The molecule has 0 aromatic rings. The normalized spacial score (nSPS) is 12.8. The average Bonchev–Trinajstić information content (AvgIpc) is 2.10. The molecule has 0 heterocycles. The first kappa shape index (κ1) is 12.4. The molecule has 1 unspecified atom stereocenters. The lowest BCUT2D eigenvalue weighted by molar-refractivity contribution is -0.163. The van der Waals surface area contributed by atoms with Gasteiger partial charge in [0.1, 0.15) is 0 Å². The highest BCUT2D eigenvalue weighted by Gasteiger charge is 2.14. The van der Waals surface area contributed by atoms with Gasteiger partial charge in [-0.1, -0.05) is 32.6 Å². The summed E-state index contributed by atoms with van der Waals surface area (Å²) in [4.78, 5) is 9.97. The molecule has 0 rings (SSSR count). The third kappa shape index (κ3) is 7.71. The Labute approximate surface area is 77.9 Å². The maximum absolute atomic E-state index is 12.3. The predicted octanol–water partition coefficient (Wildman–Crippen LogP) is 2.35. The molecule has 1 atom stereocenters. The molecule has 0 aliphatic rings. The molecule has 0 amide bonds. The van der Waals surface area contributed by atoms with Crippen LogP contribution in [-0.2, 0) is 9.53 Å². The smallest absolute Gasteiger partial charge is 0.366 e. The molecule has 0 radical (unpaired) electrons. The van der Waals surface area contributed by atoms with Gasteiger partial charge >= 0.3 is 5.97 Å². The number of aliphatic carboxylic acids is 1. The van der Waals surface area contributed by atoms with Gasteiger partial charge in [-0.15, -0.1) is 0 Å². The summed E-state index contributed by atoms with van der Waals surface area (Å²) in [5, 5.41) is 8.12. The van der Waals surface area contributed by atoms with Gasteiger partial charge in [-0.05, 0) is 6.42 Å². The van der Waals surface area contributed by atoms with Crippen molar-refractivity contribution in [3.8, 4) is 0 Å². The van der Waals surface area contributed by atoms with Crippen molar-refractivity contribution in [2.75, 3.05) is 6.61 Å². The lowest BCUT2D eigenvalue weighted by Crippen LogP contribution is -2.18. The average molecular weight is 192 g/mol. The van der Waals surface area contributed by atoms with E-state index in [1.165, 1.54) is 0 Å². The van der Waals surface area contributed by atoms with E-state index in [9.17, 15) is 9.18 Å². The second-order valence-electron chi connectivity index (χ2n) is 2.94. The maximum atomic E-state index is 12.3. The first-order valence-electron chi connectivity index (χ1n) is 4.67. The van der Waals surface area contributed by atoms with Crippen LogP contribution in [0.4, 0.5) is 4.39 Å². The fourth-order valence-corrected chi connectivity index (χ4v) is 0.964. The number of carboxylic acid groups (broad SMARTS) is 1. The van der Waals surface area contributed by atoms with E-state index < -0.39 is 12.3 Å². The van der Waals surface area contributed by atoms with Crippen LogP contribution < -0.4 is 0 Å². The second-order valence-corrected chi connectivity index (χ2v) is 2.94. The Bertz CT molecular complexity index is 139. The molecule has 13 heavy (non-hydrogen) atoms. The number of halogens is 1. The maximum Gasteiger partial charge on any atom is 0.366 e. The summed E-state index contributed by atoms with van der Waals surface area (Å²) in [7, 11) is 0. The van der Waals surface area contributed by atoms with Crippen LogP contribution in [0, 0.1) is 0 Å². The zero-order valence-corrected chi connectivity index (χ0v) is 7.96. The summed E-state index contributed by atoms with van der Waals surface area (Å²) < 4.78 is 16.7. The zero-order chi connectivity index (χ0) is 10.1.